The smallest absolute Gasteiger partial charge is 0.339 e. The molecule has 0 radical (unpaired) electrons. The van der Waals surface area contributed by atoms with Crippen LogP contribution >= 0.6 is 11.3 Å². The molecule has 1 aliphatic carbocycles. The number of nitriles is 1. The largest absolute Gasteiger partial charge is 0.452 e. The second-order valence-electron chi connectivity index (χ2n) is 6.63. The lowest BCUT2D eigenvalue weighted by molar-refractivity contribution is -0.119. The van der Waals surface area contributed by atoms with Crippen LogP contribution in [0.3, 0.4) is 0 Å². The number of benzene rings is 1. The number of anilines is 1. The monoisotopic (exact) mass is 391 g/mol. The van der Waals surface area contributed by atoms with Crippen LogP contribution in [-0.4, -0.2) is 23.5 Å². The number of aryl methyl sites for hydroxylation is 2. The number of ether oxygens (including phenoxy) is 1. The zero-order valence-electron chi connectivity index (χ0n) is 15.2. The van der Waals surface area contributed by atoms with Crippen molar-refractivity contribution in [3.63, 3.8) is 0 Å². The number of fused-ring (bicyclic) bond motifs is 2. The van der Waals surface area contributed by atoms with Crippen molar-refractivity contribution in [2.45, 2.75) is 26.2 Å². The minimum Gasteiger partial charge on any atom is -0.452 e. The zero-order chi connectivity index (χ0) is 19.7. The Bertz CT molecular complexity index is 1140. The first-order valence-corrected chi connectivity index (χ1v) is 9.76. The molecule has 7 heteroatoms. The summed E-state index contributed by atoms with van der Waals surface area (Å²) >= 11 is 1.43. The average Bonchev–Trinajstić information content (AvgIpc) is 3.26. The molecule has 3 aromatic rings. The lowest BCUT2D eigenvalue weighted by Gasteiger charge is -2.09. The van der Waals surface area contributed by atoms with Crippen LogP contribution in [0.25, 0.3) is 10.9 Å². The highest BCUT2D eigenvalue weighted by molar-refractivity contribution is 7.16. The standard InChI is InChI=1S/C21H17N3O3S/c1-12-9-15(13-5-2-3-7-17(13)23-12)21(26)27-11-19(25)24-20-16(10-22)14-6-4-8-18(14)28-20/h2-3,5,7,9H,4,6,8,11H2,1H3,(H,24,25). The zero-order valence-corrected chi connectivity index (χ0v) is 16.1. The van der Waals surface area contributed by atoms with Crippen LogP contribution in [-0.2, 0) is 22.4 Å². The number of carbonyl (C=O) groups excluding carboxylic acids is 2. The third-order valence-corrected chi connectivity index (χ3v) is 5.89. The van der Waals surface area contributed by atoms with E-state index in [1.54, 1.807) is 19.1 Å². The number of hydrogen-bond acceptors (Lipinski definition) is 6. The van der Waals surface area contributed by atoms with Gasteiger partial charge in [-0.05, 0) is 43.9 Å². The van der Waals surface area contributed by atoms with E-state index in [4.69, 9.17) is 4.74 Å². The molecule has 0 fully saturated rings. The molecule has 0 saturated carbocycles. The van der Waals surface area contributed by atoms with Gasteiger partial charge in [-0.1, -0.05) is 18.2 Å². The van der Waals surface area contributed by atoms with Crippen LogP contribution in [0.5, 0.6) is 0 Å². The molecule has 1 N–H and O–H groups in total. The summed E-state index contributed by atoms with van der Waals surface area (Å²) in [5.41, 5.74) is 3.35. The van der Waals surface area contributed by atoms with E-state index in [0.29, 0.717) is 32.7 Å². The molecule has 0 unspecified atom stereocenters. The maximum Gasteiger partial charge on any atom is 0.339 e. The highest BCUT2D eigenvalue weighted by Crippen LogP contribution is 2.38. The summed E-state index contributed by atoms with van der Waals surface area (Å²) in [7, 11) is 0. The molecule has 0 spiro atoms. The summed E-state index contributed by atoms with van der Waals surface area (Å²) < 4.78 is 5.22. The Morgan fingerprint density at radius 1 is 1.32 bits per heavy atom. The van der Waals surface area contributed by atoms with Crippen LogP contribution in [0.1, 0.15) is 38.5 Å². The second kappa shape index (κ2) is 7.41. The Morgan fingerprint density at radius 3 is 2.96 bits per heavy atom. The molecule has 140 valence electrons. The van der Waals surface area contributed by atoms with E-state index >= 15 is 0 Å². The molecular formula is C21H17N3O3S. The summed E-state index contributed by atoms with van der Waals surface area (Å²) in [4.78, 5) is 30.3. The summed E-state index contributed by atoms with van der Waals surface area (Å²) in [6.45, 7) is 1.39. The van der Waals surface area contributed by atoms with E-state index in [9.17, 15) is 14.9 Å². The number of pyridine rings is 1. The van der Waals surface area contributed by atoms with Gasteiger partial charge in [-0.25, -0.2) is 4.79 Å². The van der Waals surface area contributed by atoms with Gasteiger partial charge in [-0.15, -0.1) is 11.3 Å². The van der Waals surface area contributed by atoms with Crippen molar-refractivity contribution in [3.05, 3.63) is 57.6 Å². The van der Waals surface area contributed by atoms with Crippen molar-refractivity contribution in [3.8, 4) is 6.07 Å². The highest BCUT2D eigenvalue weighted by Gasteiger charge is 2.23. The number of nitrogens with one attached hydrogen (secondary N) is 1. The van der Waals surface area contributed by atoms with Crippen molar-refractivity contribution in [2.75, 3.05) is 11.9 Å². The molecule has 6 nitrogen and oxygen atoms in total. The SMILES string of the molecule is Cc1cc(C(=O)OCC(=O)Nc2sc3c(c2C#N)CCC3)c2ccccc2n1. The van der Waals surface area contributed by atoms with Crippen LogP contribution in [0.2, 0.25) is 0 Å². The molecule has 2 aromatic heterocycles. The quantitative estimate of drug-likeness (QED) is 0.684. The Kier molecular flexibility index (Phi) is 4.80. The van der Waals surface area contributed by atoms with Crippen molar-refractivity contribution >= 4 is 39.1 Å². The second-order valence-corrected chi connectivity index (χ2v) is 7.73. The third-order valence-electron chi connectivity index (χ3n) is 4.68. The third kappa shape index (κ3) is 3.35. The van der Waals surface area contributed by atoms with E-state index in [1.807, 2.05) is 18.2 Å². The minimum absolute atomic E-state index is 0.378. The van der Waals surface area contributed by atoms with Gasteiger partial charge < -0.3 is 10.1 Å². The van der Waals surface area contributed by atoms with E-state index in [1.165, 1.54) is 11.3 Å². The van der Waals surface area contributed by atoms with Gasteiger partial charge in [0.05, 0.1) is 16.6 Å². The van der Waals surface area contributed by atoms with E-state index < -0.39 is 18.5 Å². The van der Waals surface area contributed by atoms with Gasteiger partial charge in [0.25, 0.3) is 5.91 Å². The van der Waals surface area contributed by atoms with Crippen molar-refractivity contribution in [2.24, 2.45) is 0 Å². The highest BCUT2D eigenvalue weighted by atomic mass is 32.1. The Hall–Kier alpha value is -3.24. The Balaban J connectivity index is 1.46. The molecule has 2 heterocycles. The minimum atomic E-state index is -0.578. The summed E-state index contributed by atoms with van der Waals surface area (Å²) in [6.07, 6.45) is 2.85. The van der Waals surface area contributed by atoms with Crippen LogP contribution in [0, 0.1) is 18.3 Å². The molecule has 1 amide bonds. The fraction of sp³-hybridized carbons (Fsp3) is 0.238. The van der Waals surface area contributed by atoms with Crippen LogP contribution in [0.4, 0.5) is 5.00 Å². The first kappa shape index (κ1) is 18.1. The first-order valence-electron chi connectivity index (χ1n) is 8.95. The van der Waals surface area contributed by atoms with Gasteiger partial charge >= 0.3 is 5.97 Å². The number of carbonyl (C=O) groups is 2. The van der Waals surface area contributed by atoms with Gasteiger partial charge in [-0.2, -0.15) is 5.26 Å². The molecule has 0 aliphatic heterocycles. The van der Waals surface area contributed by atoms with Gasteiger partial charge in [0.2, 0.25) is 0 Å². The summed E-state index contributed by atoms with van der Waals surface area (Å²) in [5.74, 6) is -1.04. The van der Waals surface area contributed by atoms with Gasteiger partial charge in [0, 0.05) is 16.0 Å². The number of thiophene rings is 1. The number of hydrogen-bond donors (Lipinski definition) is 1. The molecule has 1 aromatic carbocycles. The number of amides is 1. The molecule has 0 bridgehead atoms. The molecule has 1 aliphatic rings. The van der Waals surface area contributed by atoms with Gasteiger partial charge in [0.1, 0.15) is 11.1 Å². The Labute approximate surface area is 165 Å². The number of esters is 1. The average molecular weight is 391 g/mol. The predicted octanol–water partition coefficient (Wildman–Crippen LogP) is 3.76. The van der Waals surface area contributed by atoms with E-state index in [2.05, 4.69) is 16.4 Å². The fourth-order valence-electron chi connectivity index (χ4n) is 3.46. The lowest BCUT2D eigenvalue weighted by Crippen LogP contribution is -2.21. The van der Waals surface area contributed by atoms with Crippen molar-refractivity contribution in [1.29, 1.82) is 5.26 Å². The molecular weight excluding hydrogens is 374 g/mol. The fourth-order valence-corrected chi connectivity index (χ4v) is 4.71. The number of nitrogens with zero attached hydrogens (tertiary/aromatic N) is 2. The maximum absolute atomic E-state index is 12.5. The first-order chi connectivity index (χ1) is 13.6. The summed E-state index contributed by atoms with van der Waals surface area (Å²) in [5, 5.41) is 13.3. The predicted molar refractivity (Wildman–Crippen MR) is 106 cm³/mol. The lowest BCUT2D eigenvalue weighted by atomic mass is 10.1. The van der Waals surface area contributed by atoms with Crippen molar-refractivity contribution in [1.82, 2.24) is 4.98 Å². The van der Waals surface area contributed by atoms with Crippen LogP contribution < -0.4 is 5.32 Å². The molecule has 4 rings (SSSR count). The van der Waals surface area contributed by atoms with E-state index in [-0.39, 0.29) is 0 Å². The number of para-hydroxylation sites is 1. The Morgan fingerprint density at radius 2 is 2.14 bits per heavy atom. The number of rotatable bonds is 4. The normalized spacial score (nSPS) is 12.4. The molecule has 0 saturated heterocycles. The van der Waals surface area contributed by atoms with Crippen LogP contribution in [0.15, 0.2) is 30.3 Å². The van der Waals surface area contributed by atoms with E-state index in [0.717, 1.165) is 29.7 Å². The molecule has 28 heavy (non-hydrogen) atoms. The topological polar surface area (TPSA) is 92.1 Å². The number of aromatic nitrogens is 1. The summed E-state index contributed by atoms with van der Waals surface area (Å²) in [6, 6.07) is 11.1. The van der Waals surface area contributed by atoms with Gasteiger partial charge in [-0.3, -0.25) is 9.78 Å². The maximum atomic E-state index is 12.5. The van der Waals surface area contributed by atoms with Crippen molar-refractivity contribution < 1.29 is 14.3 Å². The molecule has 0 atom stereocenters. The van der Waals surface area contributed by atoms with Gasteiger partial charge in [0.15, 0.2) is 6.61 Å².